The van der Waals surface area contributed by atoms with Crippen molar-refractivity contribution in [3.63, 3.8) is 0 Å². The molecule has 3 aromatic rings. The number of fused-ring (bicyclic) bond motifs is 1. The average molecular weight is 559 g/mol. The fourth-order valence-electron chi connectivity index (χ4n) is 5.18. The lowest BCUT2D eigenvalue weighted by atomic mass is 10.0. The molecule has 1 saturated heterocycles. The zero-order valence-corrected chi connectivity index (χ0v) is 24.8. The number of likely N-dealkylation sites (tertiary alicyclic amines) is 1. The summed E-state index contributed by atoms with van der Waals surface area (Å²) in [6, 6.07) is 21.3. The Hall–Kier alpha value is -3.84. The van der Waals surface area contributed by atoms with Gasteiger partial charge in [0.15, 0.2) is 0 Å². The Morgan fingerprint density at radius 3 is 2.29 bits per heavy atom. The SMILES string of the molecule is CC(C)N1CCC(N(C/C(=C\c2ccc(C(=O)O)cc2)COc2cccc3ccccc23)C(=O)OC(C)(C)C)CC1. The number of hydrogen-bond donors (Lipinski definition) is 1. The Bertz CT molecular complexity index is 1360. The molecule has 0 atom stereocenters. The van der Waals surface area contributed by atoms with Crippen LogP contribution in [0.3, 0.4) is 0 Å². The largest absolute Gasteiger partial charge is 0.489 e. The minimum Gasteiger partial charge on any atom is -0.489 e. The predicted octanol–water partition coefficient (Wildman–Crippen LogP) is 7.11. The zero-order valence-electron chi connectivity index (χ0n) is 24.8. The molecular formula is C34H42N2O5. The highest BCUT2D eigenvalue weighted by Gasteiger charge is 2.32. The number of nitrogens with zero attached hydrogens (tertiary/aromatic N) is 2. The van der Waals surface area contributed by atoms with E-state index in [0.29, 0.717) is 12.6 Å². The highest BCUT2D eigenvalue weighted by atomic mass is 16.6. The molecule has 0 bridgehead atoms. The van der Waals surface area contributed by atoms with Gasteiger partial charge in [-0.25, -0.2) is 9.59 Å². The minimum absolute atomic E-state index is 0.0372. The number of carbonyl (C=O) groups excluding carboxylic acids is 1. The first-order chi connectivity index (χ1) is 19.5. The molecule has 3 aromatic carbocycles. The Labute approximate surface area is 243 Å². The van der Waals surface area contributed by atoms with Crippen LogP contribution in [0, 0.1) is 0 Å². The quantitative estimate of drug-likeness (QED) is 0.302. The third kappa shape index (κ3) is 8.33. The number of carboxylic acid groups (broad SMARTS) is 1. The highest BCUT2D eigenvalue weighted by molar-refractivity contribution is 5.88. The summed E-state index contributed by atoms with van der Waals surface area (Å²) in [7, 11) is 0. The molecule has 1 N–H and O–H groups in total. The summed E-state index contributed by atoms with van der Waals surface area (Å²) in [6.45, 7) is 12.5. The summed E-state index contributed by atoms with van der Waals surface area (Å²) in [5.41, 5.74) is 1.33. The van der Waals surface area contributed by atoms with Gasteiger partial charge in [0.2, 0.25) is 0 Å². The molecule has 1 fully saturated rings. The van der Waals surface area contributed by atoms with Crippen LogP contribution in [-0.2, 0) is 4.74 Å². The van der Waals surface area contributed by atoms with E-state index in [1.54, 1.807) is 24.3 Å². The lowest BCUT2D eigenvalue weighted by molar-refractivity contribution is 0.00882. The van der Waals surface area contributed by atoms with Crippen LogP contribution in [0.4, 0.5) is 4.79 Å². The molecule has 1 aliphatic heterocycles. The number of ether oxygens (including phenoxy) is 2. The van der Waals surface area contributed by atoms with E-state index in [2.05, 4.69) is 30.9 Å². The smallest absolute Gasteiger partial charge is 0.410 e. The van der Waals surface area contributed by atoms with Gasteiger partial charge in [-0.15, -0.1) is 0 Å². The Kier molecular flexibility index (Phi) is 9.71. The van der Waals surface area contributed by atoms with Crippen LogP contribution in [0.15, 0.2) is 72.3 Å². The van der Waals surface area contributed by atoms with E-state index in [0.717, 1.165) is 53.6 Å². The van der Waals surface area contributed by atoms with Crippen molar-refractivity contribution >= 4 is 28.9 Å². The lowest BCUT2D eigenvalue weighted by Crippen LogP contribution is -2.50. The van der Waals surface area contributed by atoms with E-state index < -0.39 is 11.6 Å². The van der Waals surface area contributed by atoms with Crippen molar-refractivity contribution in [2.24, 2.45) is 0 Å². The van der Waals surface area contributed by atoms with Crippen LogP contribution in [0.25, 0.3) is 16.8 Å². The van der Waals surface area contributed by atoms with Crippen LogP contribution < -0.4 is 4.74 Å². The molecule has 1 amide bonds. The van der Waals surface area contributed by atoms with Crippen LogP contribution in [0.1, 0.15) is 63.4 Å². The molecule has 0 unspecified atom stereocenters. The first kappa shape index (κ1) is 30.1. The van der Waals surface area contributed by atoms with Gasteiger partial charge in [0.05, 0.1) is 5.56 Å². The molecule has 7 heteroatoms. The van der Waals surface area contributed by atoms with Gasteiger partial charge < -0.3 is 24.4 Å². The van der Waals surface area contributed by atoms with Gasteiger partial charge in [-0.2, -0.15) is 0 Å². The monoisotopic (exact) mass is 558 g/mol. The van der Waals surface area contributed by atoms with E-state index >= 15 is 0 Å². The molecule has 0 saturated carbocycles. The number of benzene rings is 3. The maximum atomic E-state index is 13.6. The molecule has 0 aliphatic carbocycles. The minimum atomic E-state index is -0.969. The van der Waals surface area contributed by atoms with Gasteiger partial charge in [-0.1, -0.05) is 54.6 Å². The van der Waals surface area contributed by atoms with Crippen LogP contribution >= 0.6 is 0 Å². The van der Waals surface area contributed by atoms with E-state index in [-0.39, 0.29) is 24.3 Å². The normalized spacial score (nSPS) is 15.2. The van der Waals surface area contributed by atoms with E-state index in [4.69, 9.17) is 9.47 Å². The summed E-state index contributed by atoms with van der Waals surface area (Å²) in [5.74, 6) is -0.201. The maximum absolute atomic E-state index is 13.6. The lowest BCUT2D eigenvalue weighted by Gasteiger charge is -2.40. The molecular weight excluding hydrogens is 516 g/mol. The number of carboxylic acids is 1. The molecule has 0 aromatic heterocycles. The van der Waals surface area contributed by atoms with Crippen LogP contribution in [0.2, 0.25) is 0 Å². The van der Waals surface area contributed by atoms with Gasteiger partial charge in [-0.05, 0) is 82.2 Å². The molecule has 7 nitrogen and oxygen atoms in total. The molecule has 218 valence electrons. The summed E-state index contributed by atoms with van der Waals surface area (Å²) in [5, 5.41) is 11.4. The predicted molar refractivity (Wildman–Crippen MR) is 163 cm³/mol. The summed E-state index contributed by atoms with van der Waals surface area (Å²) < 4.78 is 12.3. The fraction of sp³-hybridized carbons (Fsp3) is 0.412. The van der Waals surface area contributed by atoms with E-state index in [1.807, 2.05) is 62.1 Å². The number of hydrogen-bond acceptors (Lipinski definition) is 5. The summed E-state index contributed by atoms with van der Waals surface area (Å²) in [4.78, 5) is 29.3. The number of piperidine rings is 1. The number of amides is 1. The third-order valence-corrected chi connectivity index (χ3v) is 7.36. The van der Waals surface area contributed by atoms with E-state index in [9.17, 15) is 14.7 Å². The van der Waals surface area contributed by atoms with Gasteiger partial charge in [0.25, 0.3) is 0 Å². The summed E-state index contributed by atoms with van der Waals surface area (Å²) in [6.07, 6.45) is 3.37. The Balaban J connectivity index is 1.64. The van der Waals surface area contributed by atoms with Crippen molar-refractivity contribution < 1.29 is 24.2 Å². The topological polar surface area (TPSA) is 79.3 Å². The number of rotatable bonds is 9. The van der Waals surface area contributed by atoms with Gasteiger partial charge in [0.1, 0.15) is 18.0 Å². The van der Waals surface area contributed by atoms with E-state index in [1.165, 1.54) is 0 Å². The molecule has 0 radical (unpaired) electrons. The summed E-state index contributed by atoms with van der Waals surface area (Å²) >= 11 is 0. The van der Waals surface area contributed by atoms with Crippen molar-refractivity contribution in [1.82, 2.24) is 9.80 Å². The standard InChI is InChI=1S/C34H42N2O5/c1-24(2)35-19-17-29(18-20-35)36(33(39)41-34(3,4)5)22-26(21-25-13-15-28(16-14-25)32(37)38)23-40-31-12-8-10-27-9-6-7-11-30(27)31/h6-16,21,24,29H,17-20,22-23H2,1-5H3,(H,37,38)/b26-21+. The van der Waals surface area contributed by atoms with Gasteiger partial charge >= 0.3 is 12.1 Å². The molecule has 4 rings (SSSR count). The van der Waals surface area contributed by atoms with Crippen molar-refractivity contribution in [3.05, 3.63) is 83.4 Å². The number of aromatic carboxylic acids is 1. The Morgan fingerprint density at radius 1 is 1.00 bits per heavy atom. The zero-order chi connectivity index (χ0) is 29.6. The maximum Gasteiger partial charge on any atom is 0.410 e. The first-order valence-corrected chi connectivity index (χ1v) is 14.4. The second-order valence-electron chi connectivity index (χ2n) is 12.0. The first-order valence-electron chi connectivity index (χ1n) is 14.4. The van der Waals surface area contributed by atoms with Crippen LogP contribution in [0.5, 0.6) is 5.75 Å². The molecule has 0 spiro atoms. The van der Waals surface area contributed by atoms with Crippen LogP contribution in [-0.4, -0.2) is 70.9 Å². The molecule has 1 aliphatic rings. The average Bonchev–Trinajstić information content (AvgIpc) is 2.93. The fourth-order valence-corrected chi connectivity index (χ4v) is 5.18. The van der Waals surface area contributed by atoms with Gasteiger partial charge in [0, 0.05) is 37.1 Å². The number of carbonyl (C=O) groups is 2. The Morgan fingerprint density at radius 2 is 1.66 bits per heavy atom. The second-order valence-corrected chi connectivity index (χ2v) is 12.0. The molecule has 41 heavy (non-hydrogen) atoms. The van der Waals surface area contributed by atoms with Crippen molar-refractivity contribution in [2.75, 3.05) is 26.2 Å². The van der Waals surface area contributed by atoms with Crippen molar-refractivity contribution in [1.29, 1.82) is 0 Å². The third-order valence-electron chi connectivity index (χ3n) is 7.36. The molecule has 1 heterocycles. The van der Waals surface area contributed by atoms with Gasteiger partial charge in [-0.3, -0.25) is 0 Å². The van der Waals surface area contributed by atoms with Crippen molar-refractivity contribution in [3.8, 4) is 5.75 Å². The van der Waals surface area contributed by atoms with Crippen molar-refractivity contribution in [2.45, 2.75) is 65.1 Å². The second kappa shape index (κ2) is 13.2. The highest BCUT2D eigenvalue weighted by Crippen LogP contribution is 2.27.